The number of aromatic nitrogens is 2. The Bertz CT molecular complexity index is 317. The fourth-order valence-corrected chi connectivity index (χ4v) is 1.29. The number of hydrogen-bond donors (Lipinski definition) is 1. The largest absolute Gasteiger partial charge is 0.481 e. The van der Waals surface area contributed by atoms with Gasteiger partial charge < -0.3 is 9.52 Å². The normalized spacial score (nSPS) is 16.9. The Morgan fingerprint density at radius 3 is 2.85 bits per heavy atom. The summed E-state index contributed by atoms with van der Waals surface area (Å²) in [6.45, 7) is 0. The molecular formula is C8H10N2O3. The molecule has 1 fully saturated rings. The molecule has 1 heterocycles. The van der Waals surface area contributed by atoms with Gasteiger partial charge in [0.15, 0.2) is 0 Å². The van der Waals surface area contributed by atoms with Gasteiger partial charge in [0.05, 0.1) is 0 Å². The summed E-state index contributed by atoms with van der Waals surface area (Å²) in [7, 11) is 0. The van der Waals surface area contributed by atoms with Crippen molar-refractivity contribution < 1.29 is 14.3 Å². The molecule has 0 spiro atoms. The molecule has 0 unspecified atom stereocenters. The van der Waals surface area contributed by atoms with Crippen LogP contribution in [-0.4, -0.2) is 21.3 Å². The number of rotatable bonds is 3. The van der Waals surface area contributed by atoms with Gasteiger partial charge >= 0.3 is 5.97 Å². The van der Waals surface area contributed by atoms with Gasteiger partial charge in [-0.25, -0.2) is 0 Å². The zero-order valence-electron chi connectivity index (χ0n) is 7.06. The van der Waals surface area contributed by atoms with Crippen molar-refractivity contribution in [1.82, 2.24) is 10.2 Å². The molecule has 70 valence electrons. The predicted molar refractivity (Wildman–Crippen MR) is 42.2 cm³/mol. The fraction of sp³-hybridized carbons (Fsp3) is 0.625. The maximum absolute atomic E-state index is 10.3. The Morgan fingerprint density at radius 1 is 1.54 bits per heavy atom. The van der Waals surface area contributed by atoms with Crippen LogP contribution in [0.1, 0.15) is 37.0 Å². The van der Waals surface area contributed by atoms with Gasteiger partial charge in [-0.15, -0.1) is 10.2 Å². The Hall–Kier alpha value is -1.39. The standard InChI is InChI=1S/C8H10N2O3/c11-7(12)4-6-9-10-8(13-6)5-2-1-3-5/h5H,1-4H2,(H,11,12). The topological polar surface area (TPSA) is 76.2 Å². The summed E-state index contributed by atoms with van der Waals surface area (Å²) < 4.78 is 5.20. The molecule has 1 aliphatic rings. The van der Waals surface area contributed by atoms with Gasteiger partial charge in [-0.2, -0.15) is 0 Å². The number of hydrogen-bond acceptors (Lipinski definition) is 4. The molecule has 1 aliphatic carbocycles. The zero-order valence-corrected chi connectivity index (χ0v) is 7.06. The third kappa shape index (κ3) is 1.68. The van der Waals surface area contributed by atoms with Crippen LogP contribution < -0.4 is 0 Å². The average molecular weight is 182 g/mol. The lowest BCUT2D eigenvalue weighted by molar-refractivity contribution is -0.136. The van der Waals surface area contributed by atoms with Crippen molar-refractivity contribution in [2.75, 3.05) is 0 Å². The summed E-state index contributed by atoms with van der Waals surface area (Å²) in [5, 5.41) is 15.9. The highest BCUT2D eigenvalue weighted by molar-refractivity contribution is 5.68. The van der Waals surface area contributed by atoms with Crippen molar-refractivity contribution in [2.45, 2.75) is 31.6 Å². The molecule has 0 bridgehead atoms. The van der Waals surface area contributed by atoms with Crippen LogP contribution >= 0.6 is 0 Å². The number of carboxylic acid groups (broad SMARTS) is 1. The lowest BCUT2D eigenvalue weighted by atomic mass is 9.85. The minimum atomic E-state index is -0.941. The minimum Gasteiger partial charge on any atom is -0.481 e. The number of aliphatic carboxylic acids is 1. The van der Waals surface area contributed by atoms with E-state index in [0.717, 1.165) is 12.8 Å². The molecule has 0 saturated heterocycles. The van der Waals surface area contributed by atoms with E-state index in [1.54, 1.807) is 0 Å². The number of nitrogens with zero attached hydrogens (tertiary/aromatic N) is 2. The highest BCUT2D eigenvalue weighted by atomic mass is 16.4. The fourth-order valence-electron chi connectivity index (χ4n) is 1.29. The van der Waals surface area contributed by atoms with Crippen LogP contribution in [0, 0.1) is 0 Å². The van der Waals surface area contributed by atoms with Crippen molar-refractivity contribution in [2.24, 2.45) is 0 Å². The van der Waals surface area contributed by atoms with Gasteiger partial charge in [0.1, 0.15) is 6.42 Å². The van der Waals surface area contributed by atoms with Crippen molar-refractivity contribution in [3.05, 3.63) is 11.8 Å². The van der Waals surface area contributed by atoms with E-state index in [-0.39, 0.29) is 12.3 Å². The SMILES string of the molecule is O=C(O)Cc1nnc(C2CCC2)o1. The Balaban J connectivity index is 2.04. The second-order valence-corrected chi connectivity index (χ2v) is 3.23. The van der Waals surface area contributed by atoms with Gasteiger partial charge in [0, 0.05) is 5.92 Å². The Morgan fingerprint density at radius 2 is 2.31 bits per heavy atom. The quantitative estimate of drug-likeness (QED) is 0.753. The lowest BCUT2D eigenvalue weighted by Gasteiger charge is -2.20. The number of carboxylic acids is 1. The first-order chi connectivity index (χ1) is 6.25. The average Bonchev–Trinajstić information content (AvgIpc) is 2.31. The molecule has 1 N–H and O–H groups in total. The highest BCUT2D eigenvalue weighted by Gasteiger charge is 2.25. The zero-order chi connectivity index (χ0) is 9.26. The van der Waals surface area contributed by atoms with Gasteiger partial charge in [0.2, 0.25) is 11.8 Å². The number of carbonyl (C=O) groups is 1. The monoisotopic (exact) mass is 182 g/mol. The smallest absolute Gasteiger partial charge is 0.312 e. The van der Waals surface area contributed by atoms with Gasteiger partial charge in [-0.1, -0.05) is 6.42 Å². The Kier molecular flexibility index (Phi) is 2.00. The summed E-state index contributed by atoms with van der Waals surface area (Å²) in [5.74, 6) is 0.232. The molecule has 0 amide bonds. The maximum Gasteiger partial charge on any atom is 0.312 e. The van der Waals surface area contributed by atoms with Crippen LogP contribution in [-0.2, 0) is 11.2 Å². The van der Waals surface area contributed by atoms with Gasteiger partial charge in [0.25, 0.3) is 0 Å². The first kappa shape index (κ1) is 8.22. The van der Waals surface area contributed by atoms with Crippen LogP contribution in [0.5, 0.6) is 0 Å². The molecule has 0 atom stereocenters. The minimum absolute atomic E-state index is 0.181. The molecule has 1 aromatic rings. The summed E-state index contributed by atoms with van der Waals surface area (Å²) in [6, 6.07) is 0. The van der Waals surface area contributed by atoms with E-state index in [4.69, 9.17) is 9.52 Å². The third-order valence-corrected chi connectivity index (χ3v) is 2.24. The van der Waals surface area contributed by atoms with E-state index in [1.807, 2.05) is 0 Å². The van der Waals surface area contributed by atoms with E-state index in [9.17, 15) is 4.79 Å². The molecule has 5 heteroatoms. The van der Waals surface area contributed by atoms with E-state index >= 15 is 0 Å². The molecule has 1 saturated carbocycles. The molecule has 0 aromatic carbocycles. The van der Waals surface area contributed by atoms with Crippen molar-refractivity contribution in [1.29, 1.82) is 0 Å². The van der Waals surface area contributed by atoms with E-state index in [2.05, 4.69) is 10.2 Å². The first-order valence-electron chi connectivity index (χ1n) is 4.30. The highest BCUT2D eigenvalue weighted by Crippen LogP contribution is 2.35. The molecule has 5 nitrogen and oxygen atoms in total. The second kappa shape index (κ2) is 3.16. The lowest BCUT2D eigenvalue weighted by Crippen LogP contribution is -2.08. The molecule has 0 radical (unpaired) electrons. The third-order valence-electron chi connectivity index (χ3n) is 2.24. The molecule has 1 aromatic heterocycles. The molecular weight excluding hydrogens is 172 g/mol. The molecule has 2 rings (SSSR count). The summed E-state index contributed by atoms with van der Waals surface area (Å²) in [5.41, 5.74) is 0. The molecule has 0 aliphatic heterocycles. The first-order valence-corrected chi connectivity index (χ1v) is 4.30. The summed E-state index contributed by atoms with van der Waals surface area (Å²) in [6.07, 6.45) is 3.17. The van der Waals surface area contributed by atoms with Gasteiger partial charge in [-0.05, 0) is 12.8 Å². The van der Waals surface area contributed by atoms with Crippen molar-refractivity contribution in [3.63, 3.8) is 0 Å². The van der Waals surface area contributed by atoms with Crippen molar-refractivity contribution in [3.8, 4) is 0 Å². The van der Waals surface area contributed by atoms with E-state index in [1.165, 1.54) is 6.42 Å². The van der Waals surface area contributed by atoms with Crippen molar-refractivity contribution >= 4 is 5.97 Å². The molecule has 13 heavy (non-hydrogen) atoms. The van der Waals surface area contributed by atoms with Crippen LogP contribution in [0.25, 0.3) is 0 Å². The van der Waals surface area contributed by atoms with Crippen LogP contribution in [0.3, 0.4) is 0 Å². The van der Waals surface area contributed by atoms with Crippen LogP contribution in [0.4, 0.5) is 0 Å². The Labute approximate surface area is 74.8 Å². The second-order valence-electron chi connectivity index (χ2n) is 3.23. The predicted octanol–water partition coefficient (Wildman–Crippen LogP) is 0.964. The van der Waals surface area contributed by atoms with E-state index in [0.29, 0.717) is 11.8 Å². The van der Waals surface area contributed by atoms with Crippen LogP contribution in [0.2, 0.25) is 0 Å². The van der Waals surface area contributed by atoms with E-state index < -0.39 is 5.97 Å². The maximum atomic E-state index is 10.3. The van der Waals surface area contributed by atoms with Crippen LogP contribution in [0.15, 0.2) is 4.42 Å². The van der Waals surface area contributed by atoms with Gasteiger partial charge in [-0.3, -0.25) is 4.79 Å². The summed E-state index contributed by atoms with van der Waals surface area (Å²) >= 11 is 0. The summed E-state index contributed by atoms with van der Waals surface area (Å²) in [4.78, 5) is 10.3.